The quantitative estimate of drug-likeness (QED) is 0.270. The molecule has 1 fully saturated rings. The summed E-state index contributed by atoms with van der Waals surface area (Å²) in [5.74, 6) is 4.26. The number of rotatable bonds is 8. The molecule has 2 aromatic carbocycles. The van der Waals surface area contributed by atoms with Gasteiger partial charge in [0.1, 0.15) is 17.3 Å². The maximum Gasteiger partial charge on any atom is 0.225 e. The van der Waals surface area contributed by atoms with Crippen LogP contribution in [0.3, 0.4) is 0 Å². The molecular formula is C28H32BrN5O. The van der Waals surface area contributed by atoms with Crippen molar-refractivity contribution in [3.05, 3.63) is 70.9 Å². The van der Waals surface area contributed by atoms with Gasteiger partial charge in [0.15, 0.2) is 0 Å². The van der Waals surface area contributed by atoms with Gasteiger partial charge in [-0.1, -0.05) is 40.2 Å². The normalized spacial score (nSPS) is 18.0. The molecule has 1 aliphatic rings. The van der Waals surface area contributed by atoms with Crippen molar-refractivity contribution in [3.63, 3.8) is 0 Å². The van der Waals surface area contributed by atoms with Gasteiger partial charge < -0.3 is 20.0 Å². The summed E-state index contributed by atoms with van der Waals surface area (Å²) in [5, 5.41) is 8.29. The van der Waals surface area contributed by atoms with Crippen LogP contribution < -0.4 is 15.5 Å². The highest BCUT2D eigenvalue weighted by Crippen LogP contribution is 2.29. The molecule has 182 valence electrons. The maximum atomic E-state index is 6.03. The first-order valence-corrected chi connectivity index (χ1v) is 13.1. The van der Waals surface area contributed by atoms with Crippen LogP contribution in [0.4, 0.5) is 11.8 Å². The minimum atomic E-state index is 0.418. The van der Waals surface area contributed by atoms with E-state index in [1.165, 1.54) is 12.8 Å². The fraction of sp³-hybridized carbons (Fsp3) is 0.357. The Morgan fingerprint density at radius 3 is 2.49 bits per heavy atom. The summed E-state index contributed by atoms with van der Waals surface area (Å²) in [5.41, 5.74) is 2.08. The molecule has 0 spiro atoms. The number of anilines is 2. The smallest absolute Gasteiger partial charge is 0.225 e. The van der Waals surface area contributed by atoms with Gasteiger partial charge in [-0.15, -0.1) is 0 Å². The molecule has 5 rings (SSSR count). The van der Waals surface area contributed by atoms with Crippen molar-refractivity contribution in [3.8, 4) is 11.3 Å². The van der Waals surface area contributed by atoms with Gasteiger partial charge in [0.2, 0.25) is 5.95 Å². The molecule has 0 amide bonds. The molecule has 2 heterocycles. The average molecular weight is 535 g/mol. The van der Waals surface area contributed by atoms with Crippen LogP contribution in [0.5, 0.6) is 0 Å². The number of fused-ring (bicyclic) bond motifs is 1. The average Bonchev–Trinajstić information content (AvgIpc) is 3.34. The van der Waals surface area contributed by atoms with Crippen molar-refractivity contribution in [1.29, 1.82) is 0 Å². The Morgan fingerprint density at radius 2 is 1.71 bits per heavy atom. The number of nitrogens with zero attached hydrogens (tertiary/aromatic N) is 3. The third-order valence-electron chi connectivity index (χ3n) is 6.71. The number of para-hydroxylation sites is 1. The highest BCUT2D eigenvalue weighted by molar-refractivity contribution is 9.10. The van der Waals surface area contributed by atoms with E-state index in [4.69, 9.17) is 14.4 Å². The summed E-state index contributed by atoms with van der Waals surface area (Å²) in [6.45, 7) is 1.77. The molecular weight excluding hydrogens is 502 g/mol. The standard InChI is InChI=1S/C28H32BrN5O/c1-34(2)27-24-5-3-4-6-25(24)32-28(33-27)31-22-13-7-19(8-14-22)17-30-18-23-15-16-26(35-23)20-9-11-21(29)12-10-20/h3-6,9-12,15-16,19,22,30H,7-8,13-14,17-18H2,1-2H3,(H,31,32,33). The van der Waals surface area contributed by atoms with Crippen LogP contribution >= 0.6 is 15.9 Å². The summed E-state index contributed by atoms with van der Waals surface area (Å²) in [6.07, 6.45) is 4.66. The van der Waals surface area contributed by atoms with E-state index in [0.717, 1.165) is 70.2 Å². The Morgan fingerprint density at radius 1 is 0.943 bits per heavy atom. The molecule has 1 aliphatic carbocycles. The minimum Gasteiger partial charge on any atom is -0.460 e. The highest BCUT2D eigenvalue weighted by Gasteiger charge is 2.22. The zero-order valence-corrected chi connectivity index (χ0v) is 21.9. The van der Waals surface area contributed by atoms with Crippen LogP contribution in [0.25, 0.3) is 22.2 Å². The first-order valence-electron chi connectivity index (χ1n) is 12.3. The lowest BCUT2D eigenvalue weighted by molar-refractivity contribution is 0.320. The largest absolute Gasteiger partial charge is 0.460 e. The van der Waals surface area contributed by atoms with Gasteiger partial charge in [-0.3, -0.25) is 0 Å². The molecule has 0 unspecified atom stereocenters. The Balaban J connectivity index is 1.10. The van der Waals surface area contributed by atoms with E-state index in [0.29, 0.717) is 12.0 Å². The van der Waals surface area contributed by atoms with E-state index in [1.807, 2.05) is 44.4 Å². The van der Waals surface area contributed by atoms with Gasteiger partial charge >= 0.3 is 0 Å². The number of furan rings is 1. The molecule has 0 radical (unpaired) electrons. The van der Waals surface area contributed by atoms with Gasteiger partial charge in [-0.2, -0.15) is 4.98 Å². The molecule has 0 atom stereocenters. The van der Waals surface area contributed by atoms with Crippen LogP contribution in [-0.4, -0.2) is 36.6 Å². The van der Waals surface area contributed by atoms with Crippen LogP contribution in [-0.2, 0) is 6.54 Å². The molecule has 0 bridgehead atoms. The monoisotopic (exact) mass is 533 g/mol. The Hall–Kier alpha value is -2.90. The van der Waals surface area contributed by atoms with Crippen molar-refractivity contribution in [2.45, 2.75) is 38.3 Å². The second kappa shape index (κ2) is 10.8. The number of benzene rings is 2. The van der Waals surface area contributed by atoms with Gasteiger partial charge in [0.25, 0.3) is 0 Å². The number of aromatic nitrogens is 2. The second-order valence-corrected chi connectivity index (χ2v) is 10.5. The van der Waals surface area contributed by atoms with E-state index >= 15 is 0 Å². The summed E-state index contributed by atoms with van der Waals surface area (Å²) in [6, 6.07) is 20.9. The molecule has 7 heteroatoms. The van der Waals surface area contributed by atoms with E-state index in [-0.39, 0.29) is 0 Å². The maximum absolute atomic E-state index is 6.03. The summed E-state index contributed by atoms with van der Waals surface area (Å²) in [7, 11) is 4.06. The van der Waals surface area contributed by atoms with Gasteiger partial charge in [0.05, 0.1) is 12.1 Å². The first kappa shape index (κ1) is 23.8. The number of halogens is 1. The predicted molar refractivity (Wildman–Crippen MR) is 147 cm³/mol. The lowest BCUT2D eigenvalue weighted by Crippen LogP contribution is -2.31. The summed E-state index contributed by atoms with van der Waals surface area (Å²) < 4.78 is 7.11. The van der Waals surface area contributed by atoms with Crippen molar-refractivity contribution in [2.75, 3.05) is 30.9 Å². The lowest BCUT2D eigenvalue weighted by Gasteiger charge is -2.29. The zero-order valence-electron chi connectivity index (χ0n) is 20.3. The van der Waals surface area contributed by atoms with E-state index in [1.54, 1.807) is 0 Å². The van der Waals surface area contributed by atoms with Crippen molar-refractivity contribution in [2.24, 2.45) is 5.92 Å². The molecule has 0 aliphatic heterocycles. The highest BCUT2D eigenvalue weighted by atomic mass is 79.9. The van der Waals surface area contributed by atoms with Crippen LogP contribution in [0.15, 0.2) is 69.6 Å². The third-order valence-corrected chi connectivity index (χ3v) is 7.24. The molecule has 4 aromatic rings. The minimum absolute atomic E-state index is 0.418. The van der Waals surface area contributed by atoms with Gasteiger partial charge in [0, 0.05) is 35.6 Å². The molecule has 2 N–H and O–H groups in total. The van der Waals surface area contributed by atoms with Gasteiger partial charge in [-0.05, 0) is 74.5 Å². The van der Waals surface area contributed by atoms with Crippen molar-refractivity contribution in [1.82, 2.24) is 15.3 Å². The summed E-state index contributed by atoms with van der Waals surface area (Å²) in [4.78, 5) is 11.6. The van der Waals surface area contributed by atoms with Crippen molar-refractivity contribution < 1.29 is 4.42 Å². The fourth-order valence-corrected chi connectivity index (χ4v) is 5.06. The molecule has 1 saturated carbocycles. The molecule has 6 nitrogen and oxygen atoms in total. The Labute approximate surface area is 215 Å². The fourth-order valence-electron chi connectivity index (χ4n) is 4.80. The van der Waals surface area contributed by atoms with E-state index in [2.05, 4.69) is 61.8 Å². The topological polar surface area (TPSA) is 66.2 Å². The van der Waals surface area contributed by atoms with Crippen LogP contribution in [0.2, 0.25) is 0 Å². The summed E-state index contributed by atoms with van der Waals surface area (Å²) >= 11 is 3.48. The Bertz CT molecular complexity index is 1260. The predicted octanol–water partition coefficient (Wildman–Crippen LogP) is 6.48. The van der Waals surface area contributed by atoms with Crippen LogP contribution in [0.1, 0.15) is 31.4 Å². The first-order chi connectivity index (χ1) is 17.0. The second-order valence-electron chi connectivity index (χ2n) is 9.55. The Kier molecular flexibility index (Phi) is 7.35. The number of nitrogens with one attached hydrogen (secondary N) is 2. The number of hydrogen-bond acceptors (Lipinski definition) is 6. The molecule has 2 aromatic heterocycles. The van der Waals surface area contributed by atoms with E-state index in [9.17, 15) is 0 Å². The molecule has 35 heavy (non-hydrogen) atoms. The SMILES string of the molecule is CN(C)c1nc(NC2CCC(CNCc3ccc(-c4ccc(Br)cc4)o3)CC2)nc2ccccc12. The van der Waals surface area contributed by atoms with Crippen LogP contribution in [0, 0.1) is 5.92 Å². The lowest BCUT2D eigenvalue weighted by atomic mass is 9.86. The van der Waals surface area contributed by atoms with Gasteiger partial charge in [-0.25, -0.2) is 4.98 Å². The van der Waals surface area contributed by atoms with Crippen molar-refractivity contribution >= 4 is 38.6 Å². The third kappa shape index (κ3) is 5.85. The molecule has 0 saturated heterocycles. The number of hydrogen-bond donors (Lipinski definition) is 2. The zero-order chi connectivity index (χ0) is 24.2. The van der Waals surface area contributed by atoms with E-state index < -0.39 is 0 Å².